The monoisotopic (exact) mass is 245 g/mol. The molecule has 2 saturated heterocycles. The average molecular weight is 245 g/mol. The van der Waals surface area contributed by atoms with Crippen LogP contribution in [0.5, 0.6) is 0 Å². The number of hydrogen-bond donors (Lipinski definition) is 1. The Hall–Kier alpha value is -1.35. The van der Waals surface area contributed by atoms with E-state index in [9.17, 15) is 4.79 Å². The normalized spacial score (nSPS) is 30.1. The SMILES string of the molecule is O=C(OCc1ccccc1)[C@@H]1C[C@H]2CC[C@@H](C1)N2. The number of nitrogens with one attached hydrogen (secondary N) is 1. The second-order valence-electron chi connectivity index (χ2n) is 5.40. The second kappa shape index (κ2) is 5.11. The second-order valence-corrected chi connectivity index (χ2v) is 5.40. The first kappa shape index (κ1) is 11.7. The summed E-state index contributed by atoms with van der Waals surface area (Å²) in [5, 5.41) is 3.54. The number of piperidine rings is 1. The summed E-state index contributed by atoms with van der Waals surface area (Å²) < 4.78 is 5.43. The van der Waals surface area contributed by atoms with Gasteiger partial charge in [-0.15, -0.1) is 0 Å². The van der Waals surface area contributed by atoms with Crippen LogP contribution in [0.25, 0.3) is 0 Å². The number of hydrogen-bond acceptors (Lipinski definition) is 3. The summed E-state index contributed by atoms with van der Waals surface area (Å²) in [6.45, 7) is 0.402. The summed E-state index contributed by atoms with van der Waals surface area (Å²) in [6, 6.07) is 11.0. The van der Waals surface area contributed by atoms with E-state index in [1.807, 2.05) is 30.3 Å². The van der Waals surface area contributed by atoms with E-state index in [2.05, 4.69) is 5.32 Å². The van der Waals surface area contributed by atoms with Crippen molar-refractivity contribution in [2.24, 2.45) is 5.92 Å². The van der Waals surface area contributed by atoms with Crippen molar-refractivity contribution in [3.05, 3.63) is 35.9 Å². The molecule has 2 aliphatic rings. The molecule has 2 aliphatic heterocycles. The quantitative estimate of drug-likeness (QED) is 0.830. The van der Waals surface area contributed by atoms with Gasteiger partial charge in [-0.1, -0.05) is 30.3 Å². The molecule has 0 unspecified atom stereocenters. The van der Waals surface area contributed by atoms with Crippen molar-refractivity contribution >= 4 is 5.97 Å². The van der Waals surface area contributed by atoms with Crippen LogP contribution in [0, 0.1) is 5.92 Å². The van der Waals surface area contributed by atoms with Crippen molar-refractivity contribution in [3.8, 4) is 0 Å². The summed E-state index contributed by atoms with van der Waals surface area (Å²) in [5.41, 5.74) is 1.06. The van der Waals surface area contributed by atoms with Crippen molar-refractivity contribution in [1.82, 2.24) is 5.32 Å². The molecule has 1 aromatic carbocycles. The molecule has 0 saturated carbocycles. The third kappa shape index (κ3) is 2.56. The first-order chi connectivity index (χ1) is 8.81. The van der Waals surface area contributed by atoms with E-state index in [1.54, 1.807) is 0 Å². The number of benzene rings is 1. The van der Waals surface area contributed by atoms with Crippen LogP contribution < -0.4 is 5.32 Å². The van der Waals surface area contributed by atoms with Gasteiger partial charge < -0.3 is 10.1 Å². The molecular formula is C15H19NO2. The largest absolute Gasteiger partial charge is 0.461 e. The maximum absolute atomic E-state index is 12.0. The third-order valence-corrected chi connectivity index (χ3v) is 4.03. The van der Waals surface area contributed by atoms with E-state index in [-0.39, 0.29) is 11.9 Å². The van der Waals surface area contributed by atoms with E-state index in [0.717, 1.165) is 18.4 Å². The molecule has 0 amide bonds. The molecule has 2 bridgehead atoms. The fraction of sp³-hybridized carbons (Fsp3) is 0.533. The predicted octanol–water partition coefficient (Wildman–Crippen LogP) is 2.26. The summed E-state index contributed by atoms with van der Waals surface area (Å²) in [6.07, 6.45) is 4.33. The van der Waals surface area contributed by atoms with Gasteiger partial charge in [0, 0.05) is 12.1 Å². The van der Waals surface area contributed by atoms with E-state index in [1.165, 1.54) is 12.8 Å². The van der Waals surface area contributed by atoms with Crippen molar-refractivity contribution in [2.45, 2.75) is 44.4 Å². The fourth-order valence-corrected chi connectivity index (χ4v) is 3.10. The zero-order chi connectivity index (χ0) is 12.4. The number of carbonyl (C=O) groups is 1. The molecule has 0 radical (unpaired) electrons. The maximum atomic E-state index is 12.0. The molecule has 1 aromatic rings. The molecule has 0 aromatic heterocycles. The lowest BCUT2D eigenvalue weighted by Gasteiger charge is -2.27. The molecule has 2 fully saturated rings. The van der Waals surface area contributed by atoms with Crippen LogP contribution in [0.2, 0.25) is 0 Å². The Kier molecular flexibility index (Phi) is 3.33. The summed E-state index contributed by atoms with van der Waals surface area (Å²) in [5.74, 6) is 0.0877. The fourth-order valence-electron chi connectivity index (χ4n) is 3.10. The Morgan fingerprint density at radius 3 is 2.50 bits per heavy atom. The molecule has 96 valence electrons. The maximum Gasteiger partial charge on any atom is 0.309 e. The molecular weight excluding hydrogens is 226 g/mol. The number of ether oxygens (including phenoxy) is 1. The van der Waals surface area contributed by atoms with Crippen molar-refractivity contribution in [2.75, 3.05) is 0 Å². The van der Waals surface area contributed by atoms with Crippen molar-refractivity contribution in [1.29, 1.82) is 0 Å². The van der Waals surface area contributed by atoms with Gasteiger partial charge in [0.2, 0.25) is 0 Å². The minimum atomic E-state index is -0.0164. The predicted molar refractivity (Wildman–Crippen MR) is 68.9 cm³/mol. The molecule has 3 rings (SSSR count). The van der Waals surface area contributed by atoms with Crippen LogP contribution in [-0.2, 0) is 16.1 Å². The molecule has 18 heavy (non-hydrogen) atoms. The van der Waals surface area contributed by atoms with Crippen molar-refractivity contribution in [3.63, 3.8) is 0 Å². The van der Waals surface area contributed by atoms with Crippen LogP contribution in [-0.4, -0.2) is 18.1 Å². The van der Waals surface area contributed by atoms with Gasteiger partial charge in [-0.3, -0.25) is 4.79 Å². The minimum Gasteiger partial charge on any atom is -0.461 e. The van der Waals surface area contributed by atoms with E-state index in [0.29, 0.717) is 18.7 Å². The summed E-state index contributed by atoms with van der Waals surface area (Å²) in [7, 11) is 0. The highest BCUT2D eigenvalue weighted by Crippen LogP contribution is 2.31. The van der Waals surface area contributed by atoms with Crippen LogP contribution in [0.3, 0.4) is 0 Å². The average Bonchev–Trinajstić information content (AvgIpc) is 2.76. The van der Waals surface area contributed by atoms with E-state index >= 15 is 0 Å². The van der Waals surface area contributed by atoms with Gasteiger partial charge in [-0.05, 0) is 31.2 Å². The highest BCUT2D eigenvalue weighted by molar-refractivity contribution is 5.72. The molecule has 3 atom stereocenters. The number of rotatable bonds is 3. The molecule has 3 nitrogen and oxygen atoms in total. The van der Waals surface area contributed by atoms with Gasteiger partial charge in [0.15, 0.2) is 0 Å². The first-order valence-electron chi connectivity index (χ1n) is 6.78. The Labute approximate surface area is 108 Å². The van der Waals surface area contributed by atoms with Crippen molar-refractivity contribution < 1.29 is 9.53 Å². The Morgan fingerprint density at radius 1 is 1.17 bits per heavy atom. The van der Waals surface area contributed by atoms with Gasteiger partial charge in [0.25, 0.3) is 0 Å². The number of esters is 1. The molecule has 2 heterocycles. The van der Waals surface area contributed by atoms with E-state index < -0.39 is 0 Å². The van der Waals surface area contributed by atoms with E-state index in [4.69, 9.17) is 4.74 Å². The lowest BCUT2D eigenvalue weighted by atomic mass is 9.93. The highest BCUT2D eigenvalue weighted by atomic mass is 16.5. The Bertz CT molecular complexity index is 406. The van der Waals surface area contributed by atoms with Gasteiger partial charge in [-0.2, -0.15) is 0 Å². The van der Waals surface area contributed by atoms with Gasteiger partial charge in [0.1, 0.15) is 6.61 Å². The van der Waals surface area contributed by atoms with Gasteiger partial charge >= 0.3 is 5.97 Å². The number of fused-ring (bicyclic) bond motifs is 2. The van der Waals surface area contributed by atoms with Crippen LogP contribution in [0.15, 0.2) is 30.3 Å². The smallest absolute Gasteiger partial charge is 0.309 e. The number of carbonyl (C=O) groups excluding carboxylic acids is 1. The standard InChI is InChI=1S/C15H19NO2/c17-15(18-10-11-4-2-1-3-5-11)12-8-13-6-7-14(9-12)16-13/h1-5,12-14,16H,6-10H2/t12-,13-,14+. The van der Waals surface area contributed by atoms with Crippen LogP contribution >= 0.6 is 0 Å². The molecule has 0 spiro atoms. The van der Waals surface area contributed by atoms with Gasteiger partial charge in [-0.25, -0.2) is 0 Å². The van der Waals surface area contributed by atoms with Gasteiger partial charge in [0.05, 0.1) is 5.92 Å². The summed E-state index contributed by atoms with van der Waals surface area (Å²) in [4.78, 5) is 12.0. The zero-order valence-corrected chi connectivity index (χ0v) is 10.5. The third-order valence-electron chi connectivity index (χ3n) is 4.03. The lowest BCUT2D eigenvalue weighted by Crippen LogP contribution is -2.41. The molecule has 1 N–H and O–H groups in total. The first-order valence-corrected chi connectivity index (χ1v) is 6.78. The summed E-state index contributed by atoms with van der Waals surface area (Å²) >= 11 is 0. The Balaban J connectivity index is 1.53. The highest BCUT2D eigenvalue weighted by Gasteiger charge is 2.37. The molecule has 0 aliphatic carbocycles. The van der Waals surface area contributed by atoms with Crippen LogP contribution in [0.4, 0.5) is 0 Å². The van der Waals surface area contributed by atoms with Crippen LogP contribution in [0.1, 0.15) is 31.2 Å². The molecule has 3 heteroatoms. The zero-order valence-electron chi connectivity index (χ0n) is 10.5. The Morgan fingerprint density at radius 2 is 1.83 bits per heavy atom. The topological polar surface area (TPSA) is 38.3 Å². The lowest BCUT2D eigenvalue weighted by molar-refractivity contribution is -0.151. The minimum absolute atomic E-state index is 0.0164.